The molecule has 1 amide bonds. The number of amides is 1. The minimum Gasteiger partial charge on any atom is -0.398 e. The summed E-state index contributed by atoms with van der Waals surface area (Å²) in [5, 5.41) is 0. The first-order valence-electron chi connectivity index (χ1n) is 5.53. The maximum Gasteiger partial charge on any atom is 0.254 e. The fourth-order valence-electron chi connectivity index (χ4n) is 1.85. The summed E-state index contributed by atoms with van der Waals surface area (Å²) >= 11 is 3.33. The molecule has 2 rings (SSSR count). The molecule has 0 spiro atoms. The molecule has 1 atom stereocenters. The number of hydrogen-bond donors (Lipinski definition) is 1. The lowest BCUT2D eigenvalue weighted by molar-refractivity contribution is 0.00359. The quantitative estimate of drug-likeness (QED) is 0.806. The van der Waals surface area contributed by atoms with Crippen LogP contribution in [0.25, 0.3) is 0 Å². The molecule has 2 N–H and O–H groups in total. The van der Waals surface area contributed by atoms with Crippen molar-refractivity contribution in [2.24, 2.45) is 0 Å². The summed E-state index contributed by atoms with van der Waals surface area (Å²) in [5.41, 5.74) is 6.99. The molecule has 1 unspecified atom stereocenters. The number of anilines is 1. The van der Waals surface area contributed by atoms with Gasteiger partial charge in [0.05, 0.1) is 19.3 Å². The van der Waals surface area contributed by atoms with Gasteiger partial charge < -0.3 is 15.4 Å². The number of nitrogens with zero attached hydrogens (tertiary/aromatic N) is 1. The van der Waals surface area contributed by atoms with E-state index in [-0.39, 0.29) is 11.9 Å². The normalized spacial score (nSPS) is 20.4. The summed E-state index contributed by atoms with van der Waals surface area (Å²) in [5.74, 6) is 0.0292. The third kappa shape index (κ3) is 2.61. The van der Waals surface area contributed by atoms with Crippen molar-refractivity contribution in [3.63, 3.8) is 0 Å². The van der Waals surface area contributed by atoms with Crippen molar-refractivity contribution in [1.82, 2.24) is 4.90 Å². The third-order valence-electron chi connectivity index (χ3n) is 2.88. The molecule has 5 heteroatoms. The average molecular weight is 299 g/mol. The topological polar surface area (TPSA) is 55.6 Å². The number of benzene rings is 1. The van der Waals surface area contributed by atoms with Gasteiger partial charge in [0.2, 0.25) is 0 Å². The smallest absolute Gasteiger partial charge is 0.254 e. The summed E-state index contributed by atoms with van der Waals surface area (Å²) in [6, 6.07) is 5.37. The number of halogens is 1. The number of rotatable bonds is 1. The molecule has 1 aromatic carbocycles. The van der Waals surface area contributed by atoms with Crippen LogP contribution < -0.4 is 5.73 Å². The van der Waals surface area contributed by atoms with Crippen molar-refractivity contribution in [3.8, 4) is 0 Å². The fraction of sp³-hybridized carbons (Fsp3) is 0.417. The third-order valence-corrected chi connectivity index (χ3v) is 3.56. The molecular formula is C12H15BrN2O2. The molecule has 1 aliphatic rings. The molecule has 0 aromatic heterocycles. The zero-order valence-electron chi connectivity index (χ0n) is 9.65. The molecular weight excluding hydrogens is 284 g/mol. The summed E-state index contributed by atoms with van der Waals surface area (Å²) in [6.45, 7) is 3.83. The molecule has 0 radical (unpaired) electrons. The van der Waals surface area contributed by atoms with E-state index in [9.17, 15) is 4.79 Å². The van der Waals surface area contributed by atoms with Crippen molar-refractivity contribution < 1.29 is 9.53 Å². The van der Waals surface area contributed by atoms with Crippen LogP contribution >= 0.6 is 15.9 Å². The van der Waals surface area contributed by atoms with Crippen molar-refractivity contribution in [3.05, 3.63) is 28.2 Å². The van der Waals surface area contributed by atoms with Crippen molar-refractivity contribution in [1.29, 1.82) is 0 Å². The van der Waals surface area contributed by atoms with E-state index < -0.39 is 0 Å². The van der Waals surface area contributed by atoms with Crippen LogP contribution in [0, 0.1) is 0 Å². The first-order valence-corrected chi connectivity index (χ1v) is 6.32. The average Bonchev–Trinajstić information content (AvgIpc) is 2.32. The van der Waals surface area contributed by atoms with Crippen LogP contribution in [0.5, 0.6) is 0 Å². The van der Waals surface area contributed by atoms with E-state index in [4.69, 9.17) is 10.5 Å². The Morgan fingerprint density at radius 1 is 1.59 bits per heavy atom. The van der Waals surface area contributed by atoms with Gasteiger partial charge in [0.1, 0.15) is 0 Å². The van der Waals surface area contributed by atoms with E-state index in [1.807, 2.05) is 11.8 Å². The number of carbonyl (C=O) groups excluding carboxylic acids is 1. The van der Waals surface area contributed by atoms with Crippen molar-refractivity contribution in [2.45, 2.75) is 13.0 Å². The van der Waals surface area contributed by atoms with E-state index in [1.165, 1.54) is 0 Å². The zero-order chi connectivity index (χ0) is 12.4. The Hall–Kier alpha value is -1.07. The largest absolute Gasteiger partial charge is 0.398 e. The Balaban J connectivity index is 2.21. The summed E-state index contributed by atoms with van der Waals surface area (Å²) in [7, 11) is 0. The van der Waals surface area contributed by atoms with Gasteiger partial charge in [-0.1, -0.05) is 0 Å². The lowest BCUT2D eigenvalue weighted by Gasteiger charge is -2.33. The Kier molecular flexibility index (Phi) is 3.69. The van der Waals surface area contributed by atoms with Crippen LogP contribution in [0.3, 0.4) is 0 Å². The Bertz CT molecular complexity index is 437. The van der Waals surface area contributed by atoms with Crippen molar-refractivity contribution >= 4 is 27.5 Å². The molecule has 1 aliphatic heterocycles. The predicted molar refractivity (Wildman–Crippen MR) is 69.9 cm³/mol. The molecule has 1 saturated heterocycles. The van der Waals surface area contributed by atoms with E-state index >= 15 is 0 Å². The first kappa shape index (κ1) is 12.4. The highest BCUT2D eigenvalue weighted by molar-refractivity contribution is 9.10. The standard InChI is InChI=1S/C12H15BrN2O2/c1-8-7-17-5-4-15(8)12(16)9-2-3-11(14)10(13)6-9/h2-3,6,8H,4-5,7,14H2,1H3. The van der Waals surface area contributed by atoms with Gasteiger partial charge in [-0.25, -0.2) is 0 Å². The predicted octanol–water partition coefficient (Wildman–Crippen LogP) is 1.89. The van der Waals surface area contributed by atoms with E-state index in [0.717, 1.165) is 4.47 Å². The van der Waals surface area contributed by atoms with Crippen LogP contribution in [0.4, 0.5) is 5.69 Å². The molecule has 0 saturated carbocycles. The monoisotopic (exact) mass is 298 g/mol. The van der Waals surface area contributed by atoms with Crippen LogP contribution in [-0.4, -0.2) is 36.6 Å². The highest BCUT2D eigenvalue weighted by Gasteiger charge is 2.24. The van der Waals surface area contributed by atoms with E-state index in [2.05, 4.69) is 15.9 Å². The van der Waals surface area contributed by atoms with Gasteiger partial charge in [-0.3, -0.25) is 4.79 Å². The van der Waals surface area contributed by atoms with Crippen LogP contribution in [0.2, 0.25) is 0 Å². The molecule has 92 valence electrons. The maximum atomic E-state index is 12.3. The first-order chi connectivity index (χ1) is 8.09. The molecule has 1 aromatic rings. The number of ether oxygens (including phenoxy) is 1. The van der Waals surface area contributed by atoms with Gasteiger partial charge in [0.25, 0.3) is 5.91 Å². The molecule has 0 aliphatic carbocycles. The zero-order valence-corrected chi connectivity index (χ0v) is 11.2. The maximum absolute atomic E-state index is 12.3. The molecule has 17 heavy (non-hydrogen) atoms. The SMILES string of the molecule is CC1COCCN1C(=O)c1ccc(N)c(Br)c1. The lowest BCUT2D eigenvalue weighted by atomic mass is 10.1. The van der Waals surface area contributed by atoms with Crippen molar-refractivity contribution in [2.75, 3.05) is 25.5 Å². The second-order valence-corrected chi connectivity index (χ2v) is 5.01. The van der Waals surface area contributed by atoms with Crippen LogP contribution in [-0.2, 0) is 4.74 Å². The molecule has 4 nitrogen and oxygen atoms in total. The van der Waals surface area contributed by atoms with E-state index in [1.54, 1.807) is 18.2 Å². The van der Waals surface area contributed by atoms with E-state index in [0.29, 0.717) is 31.0 Å². The number of nitrogens with two attached hydrogens (primary N) is 1. The lowest BCUT2D eigenvalue weighted by Crippen LogP contribution is -2.47. The number of carbonyl (C=O) groups is 1. The summed E-state index contributed by atoms with van der Waals surface area (Å²) in [4.78, 5) is 14.1. The number of nitrogen functional groups attached to an aromatic ring is 1. The minimum atomic E-state index is 0.0292. The van der Waals surface area contributed by atoms with Gasteiger partial charge in [0, 0.05) is 22.3 Å². The van der Waals surface area contributed by atoms with Crippen LogP contribution in [0.1, 0.15) is 17.3 Å². The van der Waals surface area contributed by atoms with Gasteiger partial charge in [-0.15, -0.1) is 0 Å². The van der Waals surface area contributed by atoms with Gasteiger partial charge in [0.15, 0.2) is 0 Å². The second kappa shape index (κ2) is 5.06. The number of hydrogen-bond acceptors (Lipinski definition) is 3. The fourth-order valence-corrected chi connectivity index (χ4v) is 2.23. The Labute approximate surface area is 109 Å². The molecule has 1 fully saturated rings. The summed E-state index contributed by atoms with van der Waals surface area (Å²) < 4.78 is 6.07. The molecule has 1 heterocycles. The highest BCUT2D eigenvalue weighted by Crippen LogP contribution is 2.22. The van der Waals surface area contributed by atoms with Gasteiger partial charge in [-0.2, -0.15) is 0 Å². The highest BCUT2D eigenvalue weighted by atomic mass is 79.9. The molecule has 0 bridgehead atoms. The Morgan fingerprint density at radius 2 is 2.35 bits per heavy atom. The van der Waals surface area contributed by atoms with Gasteiger partial charge >= 0.3 is 0 Å². The number of morpholine rings is 1. The minimum absolute atomic E-state index is 0.0292. The Morgan fingerprint density at radius 3 is 3.00 bits per heavy atom. The second-order valence-electron chi connectivity index (χ2n) is 4.16. The van der Waals surface area contributed by atoms with Crippen LogP contribution in [0.15, 0.2) is 22.7 Å². The van der Waals surface area contributed by atoms with Gasteiger partial charge in [-0.05, 0) is 41.1 Å². The summed E-state index contributed by atoms with van der Waals surface area (Å²) in [6.07, 6.45) is 0.